The molecule has 2 N–H and O–H groups in total. The lowest BCUT2D eigenvalue weighted by molar-refractivity contribution is -0.141. The molecule has 24 heavy (non-hydrogen) atoms. The standard InChI is InChI=1S/C16H17BrN4O3/c17-13-3-1-11(2-4-13)9-21-14(5-7-18-21)19-16(24)20-8-6-12(10-20)15(22)23/h1-5,7,12H,6,8-10H2,(H,19,24)(H,22,23). The highest BCUT2D eigenvalue weighted by Gasteiger charge is 2.31. The van der Waals surface area contributed by atoms with E-state index in [0.29, 0.717) is 25.3 Å². The number of carboxylic acids is 1. The quantitative estimate of drug-likeness (QED) is 0.836. The number of hydrogen-bond acceptors (Lipinski definition) is 3. The summed E-state index contributed by atoms with van der Waals surface area (Å²) in [5, 5.41) is 16.1. The van der Waals surface area contributed by atoms with Crippen molar-refractivity contribution in [1.29, 1.82) is 0 Å². The number of benzene rings is 1. The minimum atomic E-state index is -0.856. The molecule has 1 fully saturated rings. The molecule has 0 aliphatic carbocycles. The number of anilines is 1. The fourth-order valence-corrected chi connectivity index (χ4v) is 2.93. The first kappa shape index (κ1) is 16.5. The third-order valence-corrected chi connectivity index (χ3v) is 4.55. The average Bonchev–Trinajstić information content (AvgIpc) is 3.19. The van der Waals surface area contributed by atoms with E-state index in [9.17, 15) is 9.59 Å². The molecule has 3 rings (SSSR count). The first-order chi connectivity index (χ1) is 11.5. The number of hydrogen-bond donors (Lipinski definition) is 2. The van der Waals surface area contributed by atoms with Crippen molar-refractivity contribution in [1.82, 2.24) is 14.7 Å². The molecule has 0 radical (unpaired) electrons. The van der Waals surface area contributed by atoms with Gasteiger partial charge in [0.25, 0.3) is 0 Å². The van der Waals surface area contributed by atoms with Gasteiger partial charge in [-0.25, -0.2) is 9.48 Å². The molecular formula is C16H17BrN4O3. The van der Waals surface area contributed by atoms with Gasteiger partial charge in [-0.1, -0.05) is 28.1 Å². The van der Waals surface area contributed by atoms with E-state index in [0.717, 1.165) is 10.0 Å². The summed E-state index contributed by atoms with van der Waals surface area (Å²) >= 11 is 3.40. The first-order valence-corrected chi connectivity index (χ1v) is 8.37. The van der Waals surface area contributed by atoms with Crippen LogP contribution in [0, 0.1) is 5.92 Å². The first-order valence-electron chi connectivity index (χ1n) is 7.58. The zero-order chi connectivity index (χ0) is 17.1. The molecule has 2 aromatic rings. The Bertz CT molecular complexity index is 744. The van der Waals surface area contributed by atoms with Crippen LogP contribution in [-0.4, -0.2) is 44.9 Å². The lowest BCUT2D eigenvalue weighted by atomic mass is 10.1. The maximum Gasteiger partial charge on any atom is 0.323 e. The van der Waals surface area contributed by atoms with Gasteiger partial charge in [-0.2, -0.15) is 5.10 Å². The Labute approximate surface area is 147 Å². The second kappa shape index (κ2) is 7.04. The minimum absolute atomic E-state index is 0.238. The third-order valence-electron chi connectivity index (χ3n) is 4.02. The molecule has 2 heterocycles. The Balaban J connectivity index is 1.64. The molecule has 8 heteroatoms. The van der Waals surface area contributed by atoms with Gasteiger partial charge in [0.15, 0.2) is 0 Å². The molecule has 1 aromatic heterocycles. The Kier molecular flexibility index (Phi) is 4.84. The summed E-state index contributed by atoms with van der Waals surface area (Å²) in [4.78, 5) is 24.8. The van der Waals surface area contributed by atoms with Crippen LogP contribution in [0.25, 0.3) is 0 Å². The zero-order valence-corrected chi connectivity index (χ0v) is 14.4. The van der Waals surface area contributed by atoms with Crippen LogP contribution < -0.4 is 5.32 Å². The van der Waals surface area contributed by atoms with Crippen LogP contribution in [0.5, 0.6) is 0 Å². The van der Waals surface area contributed by atoms with Gasteiger partial charge in [-0.15, -0.1) is 0 Å². The van der Waals surface area contributed by atoms with Crippen LogP contribution in [0.15, 0.2) is 41.0 Å². The van der Waals surface area contributed by atoms with Crippen molar-refractivity contribution in [3.05, 3.63) is 46.6 Å². The number of likely N-dealkylation sites (tertiary alicyclic amines) is 1. The molecule has 7 nitrogen and oxygen atoms in total. The van der Waals surface area contributed by atoms with E-state index < -0.39 is 11.9 Å². The minimum Gasteiger partial charge on any atom is -0.481 e. The normalized spacial score (nSPS) is 17.0. The highest BCUT2D eigenvalue weighted by molar-refractivity contribution is 9.10. The van der Waals surface area contributed by atoms with E-state index in [2.05, 4.69) is 26.3 Å². The van der Waals surface area contributed by atoms with Crippen LogP contribution in [0.2, 0.25) is 0 Å². The number of nitrogens with zero attached hydrogens (tertiary/aromatic N) is 3. The number of carboxylic acid groups (broad SMARTS) is 1. The topological polar surface area (TPSA) is 87.5 Å². The van der Waals surface area contributed by atoms with E-state index >= 15 is 0 Å². The number of aliphatic carboxylic acids is 1. The largest absolute Gasteiger partial charge is 0.481 e. The summed E-state index contributed by atoms with van der Waals surface area (Å²) in [6.07, 6.45) is 2.11. The molecule has 1 atom stereocenters. The van der Waals surface area contributed by atoms with Gasteiger partial charge >= 0.3 is 12.0 Å². The van der Waals surface area contributed by atoms with Crippen molar-refractivity contribution in [2.24, 2.45) is 5.92 Å². The maximum absolute atomic E-state index is 12.3. The number of carbonyl (C=O) groups is 2. The van der Waals surface area contributed by atoms with Crippen LogP contribution in [-0.2, 0) is 11.3 Å². The molecule has 0 bridgehead atoms. The molecule has 1 aliphatic rings. The molecule has 0 spiro atoms. The number of amides is 2. The van der Waals surface area contributed by atoms with Crippen molar-refractivity contribution in [2.75, 3.05) is 18.4 Å². The molecule has 126 valence electrons. The van der Waals surface area contributed by atoms with Gasteiger partial charge in [0.2, 0.25) is 0 Å². The number of halogens is 1. The second-order valence-corrected chi connectivity index (χ2v) is 6.62. The van der Waals surface area contributed by atoms with Crippen molar-refractivity contribution in [2.45, 2.75) is 13.0 Å². The number of carbonyl (C=O) groups excluding carboxylic acids is 1. The summed E-state index contributed by atoms with van der Waals surface area (Å²) < 4.78 is 2.70. The van der Waals surface area contributed by atoms with Gasteiger partial charge in [-0.05, 0) is 24.1 Å². The van der Waals surface area contributed by atoms with Crippen LogP contribution >= 0.6 is 15.9 Å². The number of urea groups is 1. The molecule has 1 aliphatic heterocycles. The predicted molar refractivity (Wildman–Crippen MR) is 91.8 cm³/mol. The van der Waals surface area contributed by atoms with Crippen LogP contribution in [0.4, 0.5) is 10.6 Å². The van der Waals surface area contributed by atoms with Gasteiger partial charge in [0.1, 0.15) is 5.82 Å². The van der Waals surface area contributed by atoms with E-state index in [1.807, 2.05) is 24.3 Å². The number of aromatic nitrogens is 2. The number of rotatable bonds is 4. The summed E-state index contributed by atoms with van der Waals surface area (Å²) in [7, 11) is 0. The van der Waals surface area contributed by atoms with Gasteiger partial charge in [0, 0.05) is 23.6 Å². The summed E-state index contributed by atoms with van der Waals surface area (Å²) in [5.41, 5.74) is 1.06. The number of nitrogens with one attached hydrogen (secondary N) is 1. The Morgan fingerprint density at radius 2 is 2.04 bits per heavy atom. The second-order valence-electron chi connectivity index (χ2n) is 5.70. The molecule has 1 saturated heterocycles. The highest BCUT2D eigenvalue weighted by Crippen LogP contribution is 2.18. The van der Waals surface area contributed by atoms with Crippen molar-refractivity contribution >= 4 is 33.7 Å². The fraction of sp³-hybridized carbons (Fsp3) is 0.312. The Morgan fingerprint density at radius 1 is 1.29 bits per heavy atom. The summed E-state index contributed by atoms with van der Waals surface area (Å²) in [6, 6.07) is 9.30. The molecule has 0 saturated carbocycles. The highest BCUT2D eigenvalue weighted by atomic mass is 79.9. The molecular weight excluding hydrogens is 376 g/mol. The fourth-order valence-electron chi connectivity index (χ4n) is 2.66. The van der Waals surface area contributed by atoms with E-state index in [-0.39, 0.29) is 12.6 Å². The van der Waals surface area contributed by atoms with Gasteiger partial charge < -0.3 is 10.0 Å². The van der Waals surface area contributed by atoms with Crippen molar-refractivity contribution < 1.29 is 14.7 Å². The predicted octanol–water partition coefficient (Wildman–Crippen LogP) is 2.63. The molecule has 1 aromatic carbocycles. The maximum atomic E-state index is 12.3. The van der Waals surface area contributed by atoms with Crippen molar-refractivity contribution in [3.63, 3.8) is 0 Å². The van der Waals surface area contributed by atoms with Crippen molar-refractivity contribution in [3.8, 4) is 0 Å². The Morgan fingerprint density at radius 3 is 2.71 bits per heavy atom. The van der Waals surface area contributed by atoms with E-state index in [1.165, 1.54) is 4.90 Å². The monoisotopic (exact) mass is 392 g/mol. The van der Waals surface area contributed by atoms with Gasteiger partial charge in [-0.3, -0.25) is 10.1 Å². The SMILES string of the molecule is O=C(O)C1CCN(C(=O)Nc2ccnn2Cc2ccc(Br)cc2)C1. The van der Waals surface area contributed by atoms with E-state index in [4.69, 9.17) is 5.11 Å². The third kappa shape index (κ3) is 3.76. The summed E-state index contributed by atoms with van der Waals surface area (Å²) in [6.45, 7) is 1.22. The summed E-state index contributed by atoms with van der Waals surface area (Å²) in [5.74, 6) is -0.754. The average molecular weight is 393 g/mol. The Hall–Kier alpha value is -2.35. The van der Waals surface area contributed by atoms with E-state index in [1.54, 1.807) is 16.9 Å². The van der Waals surface area contributed by atoms with Crippen LogP contribution in [0.1, 0.15) is 12.0 Å². The lowest BCUT2D eigenvalue weighted by Gasteiger charge is -2.17. The smallest absolute Gasteiger partial charge is 0.323 e. The molecule has 1 unspecified atom stereocenters. The van der Waals surface area contributed by atoms with Gasteiger partial charge in [0.05, 0.1) is 18.7 Å². The lowest BCUT2D eigenvalue weighted by Crippen LogP contribution is -2.34. The van der Waals surface area contributed by atoms with Crippen LogP contribution in [0.3, 0.4) is 0 Å². The zero-order valence-electron chi connectivity index (χ0n) is 12.9. The molecule has 2 amide bonds.